The molecule has 194 valence electrons. The van der Waals surface area contributed by atoms with Crippen LogP contribution in [0.4, 0.5) is 0 Å². The van der Waals surface area contributed by atoms with Gasteiger partial charge in [0, 0.05) is 26.2 Å². The minimum atomic E-state index is -0.697. The zero-order chi connectivity index (χ0) is 25.6. The van der Waals surface area contributed by atoms with Crippen molar-refractivity contribution in [3.8, 4) is 0 Å². The number of ether oxygens (including phenoxy) is 5. The molecule has 0 aromatic carbocycles. The fraction of sp³-hybridized carbons (Fsp3) is 0.769. The van der Waals surface area contributed by atoms with Crippen LogP contribution in [0.15, 0.2) is 11.6 Å². The lowest BCUT2D eigenvalue weighted by atomic mass is 9.45. The van der Waals surface area contributed by atoms with Crippen LogP contribution in [-0.2, 0) is 42.9 Å². The SMILES string of the molecule is CC(=O)OC[C@@]1(C)C2CC[C@]3(CO3)[C@H](C/C=C3/C(=O)OC[C@H]3OC(C)=O)[C@@]2(C)CC[C@H]1OC(C)=O. The summed E-state index contributed by atoms with van der Waals surface area (Å²) >= 11 is 0. The van der Waals surface area contributed by atoms with Crippen molar-refractivity contribution in [2.24, 2.45) is 22.7 Å². The van der Waals surface area contributed by atoms with Crippen molar-refractivity contribution in [2.45, 2.75) is 84.5 Å². The van der Waals surface area contributed by atoms with Crippen LogP contribution in [0.25, 0.3) is 0 Å². The maximum atomic E-state index is 12.4. The first kappa shape index (κ1) is 25.7. The summed E-state index contributed by atoms with van der Waals surface area (Å²) in [5.41, 5.74) is -0.661. The monoisotopic (exact) mass is 492 g/mol. The van der Waals surface area contributed by atoms with Crippen molar-refractivity contribution < 1.29 is 42.9 Å². The summed E-state index contributed by atoms with van der Waals surface area (Å²) in [5, 5.41) is 0. The Labute approximate surface area is 205 Å². The summed E-state index contributed by atoms with van der Waals surface area (Å²) in [6, 6.07) is 0. The second kappa shape index (κ2) is 9.22. The lowest BCUT2D eigenvalue weighted by molar-refractivity contribution is -0.201. The highest BCUT2D eigenvalue weighted by Crippen LogP contribution is 2.66. The van der Waals surface area contributed by atoms with E-state index in [-0.39, 0.29) is 54.1 Å². The molecule has 2 heterocycles. The Balaban J connectivity index is 1.65. The molecule has 2 aliphatic carbocycles. The summed E-state index contributed by atoms with van der Waals surface area (Å²) in [5.74, 6) is -1.44. The van der Waals surface area contributed by atoms with Gasteiger partial charge in [-0.05, 0) is 49.4 Å². The summed E-state index contributed by atoms with van der Waals surface area (Å²) < 4.78 is 27.8. The molecule has 4 aliphatic rings. The number of carbonyl (C=O) groups is 4. The predicted octanol–water partition coefficient (Wildman–Crippen LogP) is 2.89. The normalized spacial score (nSPS) is 41.2. The standard InChI is InChI=1S/C26H36O9/c1-15(27)32-13-25(5)20-8-11-26(14-33-26)21(24(20,4)10-9-22(25)35-17(3)29)7-6-18-19(34-16(2)28)12-31-23(18)30/h6,19-22H,7-14H2,1-5H3/b18-6+/t19-,20?,21-,22-,24+,25+,26+/m1/s1. The van der Waals surface area contributed by atoms with Gasteiger partial charge in [-0.15, -0.1) is 0 Å². The van der Waals surface area contributed by atoms with E-state index in [0.717, 1.165) is 19.3 Å². The Morgan fingerprint density at radius 1 is 1.03 bits per heavy atom. The Morgan fingerprint density at radius 2 is 1.71 bits per heavy atom. The first-order valence-electron chi connectivity index (χ1n) is 12.4. The number of epoxide rings is 1. The summed E-state index contributed by atoms with van der Waals surface area (Å²) in [7, 11) is 0. The van der Waals surface area contributed by atoms with Crippen LogP contribution >= 0.6 is 0 Å². The van der Waals surface area contributed by atoms with Gasteiger partial charge >= 0.3 is 23.9 Å². The maximum absolute atomic E-state index is 12.4. The number of fused-ring (bicyclic) bond motifs is 1. The van der Waals surface area contributed by atoms with E-state index >= 15 is 0 Å². The summed E-state index contributed by atoms with van der Waals surface area (Å²) in [4.78, 5) is 47.5. The fourth-order valence-electron chi connectivity index (χ4n) is 7.14. The highest BCUT2D eigenvalue weighted by atomic mass is 16.6. The third-order valence-corrected chi connectivity index (χ3v) is 8.80. The third kappa shape index (κ3) is 4.71. The van der Waals surface area contributed by atoms with Crippen LogP contribution in [0.3, 0.4) is 0 Å². The van der Waals surface area contributed by atoms with Gasteiger partial charge in [-0.3, -0.25) is 14.4 Å². The second-order valence-corrected chi connectivity index (χ2v) is 11.0. The highest BCUT2D eigenvalue weighted by Gasteiger charge is 2.67. The second-order valence-electron chi connectivity index (χ2n) is 11.0. The molecule has 9 nitrogen and oxygen atoms in total. The first-order valence-corrected chi connectivity index (χ1v) is 12.4. The molecule has 0 bridgehead atoms. The molecule has 0 aromatic rings. The van der Waals surface area contributed by atoms with Crippen LogP contribution in [0.2, 0.25) is 0 Å². The highest BCUT2D eigenvalue weighted by molar-refractivity contribution is 5.92. The van der Waals surface area contributed by atoms with Crippen LogP contribution in [0.5, 0.6) is 0 Å². The Morgan fingerprint density at radius 3 is 2.31 bits per heavy atom. The number of hydrogen-bond acceptors (Lipinski definition) is 9. The van der Waals surface area contributed by atoms with Crippen LogP contribution in [0, 0.1) is 22.7 Å². The van der Waals surface area contributed by atoms with Gasteiger partial charge in [-0.2, -0.15) is 0 Å². The van der Waals surface area contributed by atoms with E-state index in [0.29, 0.717) is 25.0 Å². The number of esters is 4. The van der Waals surface area contributed by atoms with Gasteiger partial charge < -0.3 is 23.7 Å². The number of carbonyl (C=O) groups excluding carboxylic acids is 4. The largest absolute Gasteiger partial charge is 0.465 e. The Hall–Kier alpha value is -2.42. The molecule has 0 radical (unpaired) electrons. The average molecular weight is 493 g/mol. The minimum absolute atomic E-state index is 0.0287. The van der Waals surface area contributed by atoms with E-state index in [1.807, 2.05) is 6.08 Å². The van der Waals surface area contributed by atoms with Gasteiger partial charge in [0.25, 0.3) is 0 Å². The molecule has 0 amide bonds. The Kier molecular flexibility index (Phi) is 6.76. The number of hydrogen-bond donors (Lipinski definition) is 0. The van der Waals surface area contributed by atoms with Crippen molar-refractivity contribution in [1.29, 1.82) is 0 Å². The molecule has 2 saturated heterocycles. The number of cyclic esters (lactones) is 1. The van der Waals surface area contributed by atoms with Gasteiger partial charge in [0.15, 0.2) is 6.10 Å². The molecule has 2 aliphatic heterocycles. The molecule has 35 heavy (non-hydrogen) atoms. The van der Waals surface area contributed by atoms with E-state index in [4.69, 9.17) is 23.7 Å². The van der Waals surface area contributed by atoms with Crippen LogP contribution < -0.4 is 0 Å². The zero-order valence-electron chi connectivity index (χ0n) is 21.2. The molecular formula is C26H36O9. The quantitative estimate of drug-likeness (QED) is 0.239. The average Bonchev–Trinajstić information content (AvgIpc) is 3.45. The molecule has 4 fully saturated rings. The molecular weight excluding hydrogens is 456 g/mol. The van der Waals surface area contributed by atoms with E-state index in [1.165, 1.54) is 20.8 Å². The van der Waals surface area contributed by atoms with Gasteiger partial charge in [0.2, 0.25) is 0 Å². The van der Waals surface area contributed by atoms with Crippen LogP contribution in [0.1, 0.15) is 66.7 Å². The van der Waals surface area contributed by atoms with Crippen molar-refractivity contribution in [1.82, 2.24) is 0 Å². The van der Waals surface area contributed by atoms with E-state index in [2.05, 4.69) is 13.8 Å². The number of allylic oxidation sites excluding steroid dienone is 1. The third-order valence-electron chi connectivity index (χ3n) is 8.80. The fourth-order valence-corrected chi connectivity index (χ4v) is 7.14. The summed E-state index contributed by atoms with van der Waals surface area (Å²) in [6.07, 6.45) is 4.51. The molecule has 0 N–H and O–H groups in total. The topological polar surface area (TPSA) is 118 Å². The van der Waals surface area contributed by atoms with E-state index < -0.39 is 23.5 Å². The molecule has 4 rings (SSSR count). The Bertz CT molecular complexity index is 935. The van der Waals surface area contributed by atoms with Gasteiger partial charge in [0.05, 0.1) is 17.8 Å². The number of rotatable bonds is 6. The van der Waals surface area contributed by atoms with E-state index in [9.17, 15) is 19.2 Å². The smallest absolute Gasteiger partial charge is 0.337 e. The van der Waals surface area contributed by atoms with Crippen molar-refractivity contribution in [3.05, 3.63) is 11.6 Å². The summed E-state index contributed by atoms with van der Waals surface area (Å²) in [6.45, 7) is 9.26. The molecule has 0 aromatic heterocycles. The van der Waals surface area contributed by atoms with Gasteiger partial charge in [0.1, 0.15) is 19.3 Å². The molecule has 2 saturated carbocycles. The minimum Gasteiger partial charge on any atom is -0.465 e. The molecule has 1 spiro atoms. The lowest BCUT2D eigenvalue weighted by Crippen LogP contribution is -2.61. The van der Waals surface area contributed by atoms with Crippen LogP contribution in [-0.4, -0.2) is 61.5 Å². The van der Waals surface area contributed by atoms with Crippen molar-refractivity contribution in [2.75, 3.05) is 19.8 Å². The first-order chi connectivity index (χ1) is 16.4. The van der Waals surface area contributed by atoms with Gasteiger partial charge in [-0.1, -0.05) is 19.9 Å². The predicted molar refractivity (Wildman–Crippen MR) is 122 cm³/mol. The van der Waals surface area contributed by atoms with Crippen molar-refractivity contribution in [3.63, 3.8) is 0 Å². The molecule has 1 unspecified atom stereocenters. The van der Waals surface area contributed by atoms with Crippen molar-refractivity contribution >= 4 is 23.9 Å². The molecule has 7 atom stereocenters. The maximum Gasteiger partial charge on any atom is 0.337 e. The molecule has 9 heteroatoms. The zero-order valence-corrected chi connectivity index (χ0v) is 21.2. The van der Waals surface area contributed by atoms with Gasteiger partial charge in [-0.25, -0.2) is 4.79 Å². The lowest BCUT2D eigenvalue weighted by Gasteiger charge is -2.61. The van der Waals surface area contributed by atoms with E-state index in [1.54, 1.807) is 0 Å².